The summed E-state index contributed by atoms with van der Waals surface area (Å²) < 4.78 is 25.8. The average Bonchev–Trinajstić information content (AvgIpc) is 2.56. The van der Waals surface area contributed by atoms with Crippen LogP contribution in [0, 0.1) is 0 Å². The number of carbonyl (C=O) groups excluding carboxylic acids is 1. The molecule has 1 N–H and O–H groups in total. The van der Waals surface area contributed by atoms with Gasteiger partial charge in [0.2, 0.25) is 15.9 Å². The first kappa shape index (κ1) is 19.2. The molecule has 1 aliphatic heterocycles. The van der Waals surface area contributed by atoms with Gasteiger partial charge in [-0.1, -0.05) is 18.0 Å². The molecule has 0 aromatic heterocycles. The molecule has 0 unspecified atom stereocenters. The quantitative estimate of drug-likeness (QED) is 0.787. The molecule has 0 spiro atoms. The predicted molar refractivity (Wildman–Crippen MR) is 94.6 cm³/mol. The Morgan fingerprint density at radius 1 is 1.21 bits per heavy atom. The summed E-state index contributed by atoms with van der Waals surface area (Å²) in [6, 6.07) is 5.90. The standard InChI is InChI=1S/C16H24ClN3O3S/c1-19(24(22,23)15-7-5-14(17)6-8-15)13-16(21)18-9-12-20-10-3-2-4-11-20/h5-8H,2-4,9-13H2,1H3,(H,18,21). The zero-order chi connectivity index (χ0) is 17.6. The number of carbonyl (C=O) groups is 1. The molecule has 0 atom stereocenters. The van der Waals surface area contributed by atoms with E-state index in [1.807, 2.05) is 0 Å². The Balaban J connectivity index is 1.80. The van der Waals surface area contributed by atoms with Crippen LogP contribution in [0.1, 0.15) is 19.3 Å². The molecule has 1 fully saturated rings. The van der Waals surface area contributed by atoms with E-state index >= 15 is 0 Å². The van der Waals surface area contributed by atoms with E-state index in [4.69, 9.17) is 11.6 Å². The lowest BCUT2D eigenvalue weighted by Gasteiger charge is -2.26. The van der Waals surface area contributed by atoms with Crippen molar-refractivity contribution in [3.8, 4) is 0 Å². The van der Waals surface area contributed by atoms with Crippen molar-refractivity contribution >= 4 is 27.5 Å². The Hall–Kier alpha value is -1.15. The lowest BCUT2D eigenvalue weighted by molar-refractivity contribution is -0.121. The molecule has 1 heterocycles. The predicted octanol–water partition coefficient (Wildman–Crippen LogP) is 1.56. The van der Waals surface area contributed by atoms with Gasteiger partial charge in [-0.3, -0.25) is 4.79 Å². The zero-order valence-corrected chi connectivity index (χ0v) is 15.4. The highest BCUT2D eigenvalue weighted by Crippen LogP contribution is 2.17. The fourth-order valence-electron chi connectivity index (χ4n) is 2.67. The fourth-order valence-corrected chi connectivity index (χ4v) is 3.92. The first-order chi connectivity index (χ1) is 11.4. The topological polar surface area (TPSA) is 69.7 Å². The Kier molecular flexibility index (Phi) is 7.03. The maximum Gasteiger partial charge on any atom is 0.243 e. The summed E-state index contributed by atoms with van der Waals surface area (Å²) in [7, 11) is -2.30. The Labute approximate surface area is 148 Å². The van der Waals surface area contributed by atoms with Gasteiger partial charge in [0.25, 0.3) is 0 Å². The maximum absolute atomic E-state index is 12.4. The minimum absolute atomic E-state index is 0.121. The van der Waals surface area contributed by atoms with Gasteiger partial charge in [0.05, 0.1) is 11.4 Å². The molecule has 1 amide bonds. The van der Waals surface area contributed by atoms with Crippen molar-refractivity contribution in [1.29, 1.82) is 0 Å². The van der Waals surface area contributed by atoms with Crippen LogP contribution in [-0.4, -0.2) is 63.3 Å². The minimum atomic E-state index is -3.69. The number of piperidine rings is 1. The average molecular weight is 374 g/mol. The van der Waals surface area contributed by atoms with Crippen molar-refractivity contribution in [2.24, 2.45) is 0 Å². The third-order valence-corrected chi connectivity index (χ3v) is 6.16. The highest BCUT2D eigenvalue weighted by molar-refractivity contribution is 7.89. The van der Waals surface area contributed by atoms with Crippen LogP contribution in [0.25, 0.3) is 0 Å². The molecule has 1 aromatic carbocycles. The van der Waals surface area contributed by atoms with Crippen LogP contribution in [0.2, 0.25) is 5.02 Å². The first-order valence-corrected chi connectivity index (χ1v) is 9.92. The second kappa shape index (κ2) is 8.80. The molecule has 0 bridgehead atoms. The van der Waals surface area contributed by atoms with Crippen LogP contribution in [-0.2, 0) is 14.8 Å². The van der Waals surface area contributed by atoms with Gasteiger partial charge in [0.15, 0.2) is 0 Å². The number of likely N-dealkylation sites (N-methyl/N-ethyl adjacent to an activating group) is 1. The second-order valence-electron chi connectivity index (χ2n) is 5.97. The molecule has 0 aliphatic carbocycles. The molecule has 1 aromatic rings. The summed E-state index contributed by atoms with van der Waals surface area (Å²) in [5.41, 5.74) is 0. The number of hydrogen-bond donors (Lipinski definition) is 1. The molecular weight excluding hydrogens is 350 g/mol. The van der Waals surface area contributed by atoms with Gasteiger partial charge in [-0.2, -0.15) is 4.31 Å². The monoisotopic (exact) mass is 373 g/mol. The van der Waals surface area contributed by atoms with Crippen LogP contribution in [0.3, 0.4) is 0 Å². The van der Waals surface area contributed by atoms with E-state index in [9.17, 15) is 13.2 Å². The summed E-state index contributed by atoms with van der Waals surface area (Å²) in [6.45, 7) is 3.28. The number of benzene rings is 1. The van der Waals surface area contributed by atoms with Crippen molar-refractivity contribution in [3.63, 3.8) is 0 Å². The summed E-state index contributed by atoms with van der Waals surface area (Å²) in [6.07, 6.45) is 3.68. The third-order valence-electron chi connectivity index (χ3n) is 4.09. The Bertz CT molecular complexity index is 643. The van der Waals surface area contributed by atoms with Crippen molar-refractivity contribution in [2.75, 3.05) is 39.8 Å². The number of likely N-dealkylation sites (tertiary alicyclic amines) is 1. The molecule has 24 heavy (non-hydrogen) atoms. The van der Waals surface area contributed by atoms with Gasteiger partial charge < -0.3 is 10.2 Å². The third kappa shape index (κ3) is 5.44. The lowest BCUT2D eigenvalue weighted by Crippen LogP contribution is -2.42. The molecule has 6 nitrogen and oxygen atoms in total. The van der Waals surface area contributed by atoms with E-state index in [1.54, 1.807) is 0 Å². The molecule has 134 valence electrons. The molecule has 0 saturated carbocycles. The van der Waals surface area contributed by atoms with Crippen LogP contribution in [0.15, 0.2) is 29.2 Å². The summed E-state index contributed by atoms with van der Waals surface area (Å²) in [5.74, 6) is -0.299. The largest absolute Gasteiger partial charge is 0.354 e. The highest BCUT2D eigenvalue weighted by atomic mass is 35.5. The first-order valence-electron chi connectivity index (χ1n) is 8.10. The number of sulfonamides is 1. The molecule has 1 saturated heterocycles. The molecule has 0 radical (unpaired) electrons. The molecule has 2 rings (SSSR count). The molecular formula is C16H24ClN3O3S. The van der Waals surface area contributed by atoms with Crippen LogP contribution >= 0.6 is 11.6 Å². The van der Waals surface area contributed by atoms with Crippen molar-refractivity contribution in [2.45, 2.75) is 24.2 Å². The number of hydrogen-bond acceptors (Lipinski definition) is 4. The van der Waals surface area contributed by atoms with Crippen LogP contribution < -0.4 is 5.32 Å². The van der Waals surface area contributed by atoms with Gasteiger partial charge in [-0.25, -0.2) is 8.42 Å². The zero-order valence-electron chi connectivity index (χ0n) is 13.9. The van der Waals surface area contributed by atoms with Gasteiger partial charge in [-0.15, -0.1) is 0 Å². The van der Waals surface area contributed by atoms with Crippen LogP contribution in [0.5, 0.6) is 0 Å². The lowest BCUT2D eigenvalue weighted by atomic mass is 10.1. The van der Waals surface area contributed by atoms with E-state index in [0.717, 1.165) is 23.9 Å². The fraction of sp³-hybridized carbons (Fsp3) is 0.562. The van der Waals surface area contributed by atoms with E-state index in [-0.39, 0.29) is 17.3 Å². The number of nitrogens with zero attached hydrogens (tertiary/aromatic N) is 2. The van der Waals surface area contributed by atoms with E-state index in [0.29, 0.717) is 11.6 Å². The summed E-state index contributed by atoms with van der Waals surface area (Å²) in [4.78, 5) is 14.4. The van der Waals surface area contributed by atoms with Gasteiger partial charge >= 0.3 is 0 Å². The second-order valence-corrected chi connectivity index (χ2v) is 8.45. The highest BCUT2D eigenvalue weighted by Gasteiger charge is 2.22. The number of nitrogens with one attached hydrogen (secondary N) is 1. The SMILES string of the molecule is CN(CC(=O)NCCN1CCCCC1)S(=O)(=O)c1ccc(Cl)cc1. The van der Waals surface area contributed by atoms with Crippen molar-refractivity contribution in [1.82, 2.24) is 14.5 Å². The number of halogens is 1. The maximum atomic E-state index is 12.4. The summed E-state index contributed by atoms with van der Waals surface area (Å²) >= 11 is 5.77. The van der Waals surface area contributed by atoms with Gasteiger partial charge in [0, 0.05) is 25.2 Å². The van der Waals surface area contributed by atoms with Gasteiger partial charge in [-0.05, 0) is 50.2 Å². The molecule has 8 heteroatoms. The Morgan fingerprint density at radius 2 is 1.83 bits per heavy atom. The Morgan fingerprint density at radius 3 is 2.46 bits per heavy atom. The van der Waals surface area contributed by atoms with Crippen molar-refractivity contribution < 1.29 is 13.2 Å². The summed E-state index contributed by atoms with van der Waals surface area (Å²) in [5, 5.41) is 3.25. The van der Waals surface area contributed by atoms with E-state index in [2.05, 4.69) is 10.2 Å². The normalized spacial score (nSPS) is 16.3. The smallest absolute Gasteiger partial charge is 0.243 e. The number of amides is 1. The number of rotatable bonds is 7. The van der Waals surface area contributed by atoms with E-state index in [1.165, 1.54) is 50.6 Å². The van der Waals surface area contributed by atoms with E-state index < -0.39 is 10.0 Å². The minimum Gasteiger partial charge on any atom is -0.354 e. The van der Waals surface area contributed by atoms with Crippen molar-refractivity contribution in [3.05, 3.63) is 29.3 Å². The molecule has 1 aliphatic rings. The van der Waals surface area contributed by atoms with Gasteiger partial charge in [0.1, 0.15) is 0 Å². The van der Waals surface area contributed by atoms with Crippen LogP contribution in [0.4, 0.5) is 0 Å².